The van der Waals surface area contributed by atoms with Gasteiger partial charge >= 0.3 is 0 Å². The number of likely N-dealkylation sites (tertiary alicyclic amines) is 1. The van der Waals surface area contributed by atoms with Crippen LogP contribution in [0.1, 0.15) is 12.8 Å². The summed E-state index contributed by atoms with van der Waals surface area (Å²) in [5, 5.41) is 3.54. The van der Waals surface area contributed by atoms with Gasteiger partial charge < -0.3 is 20.0 Å². The fourth-order valence-corrected chi connectivity index (χ4v) is 3.51. The summed E-state index contributed by atoms with van der Waals surface area (Å²) < 4.78 is 0. The van der Waals surface area contributed by atoms with Gasteiger partial charge in [0.2, 0.25) is 0 Å². The molecule has 0 aromatic rings. The third-order valence-electron chi connectivity index (χ3n) is 4.79. The van der Waals surface area contributed by atoms with Crippen LogP contribution in [0.5, 0.6) is 0 Å². The van der Waals surface area contributed by atoms with E-state index in [4.69, 9.17) is 0 Å². The van der Waals surface area contributed by atoms with Gasteiger partial charge in [-0.1, -0.05) is 0 Å². The second kappa shape index (κ2) is 6.33. The lowest BCUT2D eigenvalue weighted by molar-refractivity contribution is 0.121. The summed E-state index contributed by atoms with van der Waals surface area (Å²) in [7, 11) is 9.03. The molecule has 0 amide bonds. The Kier molecular flexibility index (Phi) is 5.01. The first-order valence-corrected chi connectivity index (χ1v) is 7.34. The molecular weight excluding hydrogens is 224 g/mol. The van der Waals surface area contributed by atoms with E-state index in [1.54, 1.807) is 0 Å². The fraction of sp³-hybridized carbons (Fsp3) is 1.00. The van der Waals surface area contributed by atoms with Crippen LogP contribution in [0.15, 0.2) is 0 Å². The molecule has 3 atom stereocenters. The quantitative estimate of drug-likeness (QED) is 0.771. The Morgan fingerprint density at radius 2 is 2.06 bits per heavy atom. The number of nitrogens with one attached hydrogen (secondary N) is 1. The van der Waals surface area contributed by atoms with Gasteiger partial charge in [-0.15, -0.1) is 0 Å². The van der Waals surface area contributed by atoms with E-state index < -0.39 is 0 Å². The van der Waals surface area contributed by atoms with Crippen LogP contribution in [-0.4, -0.2) is 87.7 Å². The third-order valence-corrected chi connectivity index (χ3v) is 4.79. The highest BCUT2D eigenvalue weighted by molar-refractivity contribution is 4.89. The molecule has 0 aliphatic carbocycles. The zero-order valence-electron chi connectivity index (χ0n) is 12.5. The standard InChI is InChI=1S/C14H30N4/c1-16(2)14(12-5-7-17(3)11-12)9-13-10-15-6-8-18(13)4/h12-15H,5-11H2,1-4H3. The summed E-state index contributed by atoms with van der Waals surface area (Å²) in [5.74, 6) is 0.848. The van der Waals surface area contributed by atoms with Gasteiger partial charge in [0.25, 0.3) is 0 Å². The fourth-order valence-electron chi connectivity index (χ4n) is 3.51. The molecule has 18 heavy (non-hydrogen) atoms. The highest BCUT2D eigenvalue weighted by atomic mass is 15.2. The minimum Gasteiger partial charge on any atom is -0.314 e. The molecule has 2 fully saturated rings. The first-order chi connectivity index (χ1) is 8.58. The van der Waals surface area contributed by atoms with E-state index in [9.17, 15) is 0 Å². The lowest BCUT2D eigenvalue weighted by Gasteiger charge is -2.39. The average molecular weight is 254 g/mol. The molecule has 0 bridgehead atoms. The molecule has 0 saturated carbocycles. The summed E-state index contributed by atoms with van der Waals surface area (Å²) in [6.45, 7) is 6.03. The number of nitrogens with zero attached hydrogens (tertiary/aromatic N) is 3. The summed E-state index contributed by atoms with van der Waals surface area (Å²) in [6, 6.07) is 1.43. The van der Waals surface area contributed by atoms with Crippen molar-refractivity contribution in [2.75, 3.05) is 60.9 Å². The van der Waals surface area contributed by atoms with Crippen molar-refractivity contribution >= 4 is 0 Å². The zero-order valence-corrected chi connectivity index (χ0v) is 12.5. The molecule has 0 radical (unpaired) electrons. The monoisotopic (exact) mass is 254 g/mol. The molecule has 4 nitrogen and oxygen atoms in total. The predicted molar refractivity (Wildman–Crippen MR) is 77.0 cm³/mol. The van der Waals surface area contributed by atoms with Crippen LogP contribution < -0.4 is 5.32 Å². The van der Waals surface area contributed by atoms with Crippen LogP contribution >= 0.6 is 0 Å². The molecule has 2 aliphatic rings. The van der Waals surface area contributed by atoms with Crippen LogP contribution in [0.25, 0.3) is 0 Å². The van der Waals surface area contributed by atoms with E-state index in [0.717, 1.165) is 25.0 Å². The van der Waals surface area contributed by atoms with Gasteiger partial charge in [-0.3, -0.25) is 0 Å². The lowest BCUT2D eigenvalue weighted by atomic mass is 9.91. The second-order valence-corrected chi connectivity index (χ2v) is 6.42. The van der Waals surface area contributed by atoms with Gasteiger partial charge in [-0.25, -0.2) is 0 Å². The second-order valence-electron chi connectivity index (χ2n) is 6.42. The van der Waals surface area contributed by atoms with Crippen LogP contribution in [-0.2, 0) is 0 Å². The van der Waals surface area contributed by atoms with Crippen molar-refractivity contribution in [1.29, 1.82) is 0 Å². The Morgan fingerprint density at radius 3 is 2.61 bits per heavy atom. The summed E-state index contributed by atoms with van der Waals surface area (Å²) >= 11 is 0. The first-order valence-electron chi connectivity index (χ1n) is 7.34. The van der Waals surface area contributed by atoms with Gasteiger partial charge in [0, 0.05) is 38.3 Å². The summed E-state index contributed by atoms with van der Waals surface area (Å²) in [4.78, 5) is 7.46. The molecule has 106 valence electrons. The number of piperazine rings is 1. The molecule has 1 N–H and O–H groups in total. The normalized spacial score (nSPS) is 33.2. The maximum Gasteiger partial charge on any atom is 0.0233 e. The summed E-state index contributed by atoms with van der Waals surface area (Å²) in [6.07, 6.45) is 2.66. The van der Waals surface area contributed by atoms with Crippen molar-refractivity contribution in [3.63, 3.8) is 0 Å². The van der Waals surface area contributed by atoms with E-state index in [1.807, 2.05) is 0 Å². The minimum absolute atomic E-state index is 0.706. The van der Waals surface area contributed by atoms with Crippen LogP contribution in [0.4, 0.5) is 0 Å². The van der Waals surface area contributed by atoms with Gasteiger partial charge in [0.05, 0.1) is 0 Å². The largest absolute Gasteiger partial charge is 0.314 e. The zero-order chi connectivity index (χ0) is 13.1. The van der Waals surface area contributed by atoms with Gasteiger partial charge in [0.1, 0.15) is 0 Å². The Hall–Kier alpha value is -0.160. The molecule has 0 aromatic carbocycles. The minimum atomic E-state index is 0.706. The molecule has 2 rings (SSSR count). The van der Waals surface area contributed by atoms with E-state index >= 15 is 0 Å². The van der Waals surface area contributed by atoms with E-state index in [0.29, 0.717) is 6.04 Å². The summed E-state index contributed by atoms with van der Waals surface area (Å²) in [5.41, 5.74) is 0. The van der Waals surface area contributed by atoms with Gasteiger partial charge in [0.15, 0.2) is 0 Å². The van der Waals surface area contributed by atoms with E-state index in [-0.39, 0.29) is 0 Å². The van der Waals surface area contributed by atoms with E-state index in [1.165, 1.54) is 32.5 Å². The maximum atomic E-state index is 3.54. The Bertz CT molecular complexity index is 256. The highest BCUT2D eigenvalue weighted by Gasteiger charge is 2.32. The van der Waals surface area contributed by atoms with Crippen molar-refractivity contribution in [2.24, 2.45) is 5.92 Å². The highest BCUT2D eigenvalue weighted by Crippen LogP contribution is 2.25. The number of likely N-dealkylation sites (N-methyl/N-ethyl adjacent to an activating group) is 1. The average Bonchev–Trinajstić information content (AvgIpc) is 2.74. The number of rotatable bonds is 4. The van der Waals surface area contributed by atoms with Crippen molar-refractivity contribution in [1.82, 2.24) is 20.0 Å². The van der Waals surface area contributed by atoms with Gasteiger partial charge in [-0.05, 0) is 53.5 Å². The predicted octanol–water partition coefficient (Wildman–Crippen LogP) is 0.162. The molecule has 3 unspecified atom stereocenters. The molecule has 2 heterocycles. The van der Waals surface area contributed by atoms with Crippen molar-refractivity contribution in [2.45, 2.75) is 24.9 Å². The van der Waals surface area contributed by atoms with Crippen LogP contribution in [0.3, 0.4) is 0 Å². The third kappa shape index (κ3) is 3.44. The first kappa shape index (κ1) is 14.3. The Morgan fingerprint density at radius 1 is 1.28 bits per heavy atom. The van der Waals surface area contributed by atoms with E-state index in [2.05, 4.69) is 48.2 Å². The lowest BCUT2D eigenvalue weighted by Crippen LogP contribution is -2.52. The van der Waals surface area contributed by atoms with Crippen molar-refractivity contribution in [3.8, 4) is 0 Å². The van der Waals surface area contributed by atoms with Crippen molar-refractivity contribution in [3.05, 3.63) is 0 Å². The smallest absolute Gasteiger partial charge is 0.0233 e. The van der Waals surface area contributed by atoms with Crippen LogP contribution in [0, 0.1) is 5.92 Å². The van der Waals surface area contributed by atoms with Crippen LogP contribution in [0.2, 0.25) is 0 Å². The Labute approximate surface area is 112 Å². The molecule has 2 aliphatic heterocycles. The topological polar surface area (TPSA) is 21.8 Å². The number of hydrogen-bond donors (Lipinski definition) is 1. The van der Waals surface area contributed by atoms with Gasteiger partial charge in [-0.2, -0.15) is 0 Å². The molecule has 2 saturated heterocycles. The molecule has 0 spiro atoms. The molecular formula is C14H30N4. The molecule has 0 aromatic heterocycles. The number of hydrogen-bond acceptors (Lipinski definition) is 4. The molecule has 4 heteroatoms. The van der Waals surface area contributed by atoms with Crippen molar-refractivity contribution < 1.29 is 0 Å². The maximum absolute atomic E-state index is 3.54. The SMILES string of the molecule is CN1CCC(C(CC2CNCCN2C)N(C)C)C1. The Balaban J connectivity index is 1.93.